The van der Waals surface area contributed by atoms with Crippen LogP contribution in [-0.4, -0.2) is 52.7 Å². The molecule has 164 valence electrons. The van der Waals surface area contributed by atoms with Crippen LogP contribution in [0.25, 0.3) is 0 Å². The Kier molecular flexibility index (Phi) is 8.08. The summed E-state index contributed by atoms with van der Waals surface area (Å²) < 4.78 is 27.6. The van der Waals surface area contributed by atoms with Gasteiger partial charge in [-0.15, -0.1) is 0 Å². The fraction of sp³-hybridized carbons (Fsp3) is 0.250. The summed E-state index contributed by atoms with van der Waals surface area (Å²) in [6.07, 6.45) is 1.41. The van der Waals surface area contributed by atoms with Crippen LogP contribution in [0.2, 0.25) is 5.02 Å². The maximum absolute atomic E-state index is 13.2. The van der Waals surface area contributed by atoms with Gasteiger partial charge in [0, 0.05) is 23.9 Å². The van der Waals surface area contributed by atoms with E-state index < -0.39 is 10.0 Å². The first-order valence-electron chi connectivity index (χ1n) is 9.41. The molecule has 11 heteroatoms. The Labute approximate surface area is 190 Å². The predicted molar refractivity (Wildman–Crippen MR) is 120 cm³/mol. The number of amides is 1. The zero-order valence-electron chi connectivity index (χ0n) is 16.8. The Morgan fingerprint density at radius 3 is 2.68 bits per heavy atom. The molecular formula is C20H22ClN5O3S2. The average Bonchev–Trinajstić information content (AvgIpc) is 3.25. The average molecular weight is 480 g/mol. The van der Waals surface area contributed by atoms with Crippen molar-refractivity contribution in [2.45, 2.75) is 23.5 Å². The maximum atomic E-state index is 13.2. The number of aromatic amines is 1. The molecule has 0 fully saturated rings. The van der Waals surface area contributed by atoms with Crippen molar-refractivity contribution in [2.75, 3.05) is 18.8 Å². The van der Waals surface area contributed by atoms with E-state index in [4.69, 9.17) is 11.6 Å². The van der Waals surface area contributed by atoms with E-state index in [2.05, 4.69) is 20.5 Å². The van der Waals surface area contributed by atoms with Gasteiger partial charge >= 0.3 is 0 Å². The van der Waals surface area contributed by atoms with Crippen LogP contribution in [0.1, 0.15) is 11.1 Å². The Hall–Kier alpha value is -2.40. The van der Waals surface area contributed by atoms with Gasteiger partial charge in [-0.05, 0) is 36.8 Å². The van der Waals surface area contributed by atoms with Crippen LogP contribution in [0.15, 0.2) is 64.9 Å². The van der Waals surface area contributed by atoms with Crippen LogP contribution in [0, 0.1) is 6.92 Å². The Bertz CT molecular complexity index is 1110. The number of hydrogen-bond acceptors (Lipinski definition) is 6. The molecule has 0 unspecified atom stereocenters. The molecule has 1 heterocycles. The SMILES string of the molecule is Cc1cccc(CN(CC(=O)NCCSc2ncn[nH]2)S(=O)(=O)c2ccc(Cl)cc2)c1. The van der Waals surface area contributed by atoms with Gasteiger partial charge in [0.1, 0.15) is 6.33 Å². The monoisotopic (exact) mass is 479 g/mol. The molecule has 3 rings (SSSR count). The van der Waals surface area contributed by atoms with E-state index >= 15 is 0 Å². The van der Waals surface area contributed by atoms with Crippen molar-refractivity contribution in [1.82, 2.24) is 24.8 Å². The molecule has 0 saturated heterocycles. The first-order valence-corrected chi connectivity index (χ1v) is 12.2. The van der Waals surface area contributed by atoms with Crippen molar-refractivity contribution in [1.29, 1.82) is 0 Å². The molecule has 0 aliphatic carbocycles. The fourth-order valence-corrected chi connectivity index (χ4v) is 4.96. The third kappa shape index (κ3) is 6.79. The normalized spacial score (nSPS) is 11.6. The van der Waals surface area contributed by atoms with Crippen LogP contribution < -0.4 is 5.32 Å². The number of nitrogens with one attached hydrogen (secondary N) is 2. The number of aryl methyl sites for hydroxylation is 1. The summed E-state index contributed by atoms with van der Waals surface area (Å²) in [5.74, 6) is 0.186. The molecule has 0 atom stereocenters. The van der Waals surface area contributed by atoms with Crippen molar-refractivity contribution < 1.29 is 13.2 Å². The third-order valence-corrected chi connectivity index (χ3v) is 7.20. The number of sulfonamides is 1. The minimum absolute atomic E-state index is 0.0763. The molecule has 2 N–H and O–H groups in total. The minimum Gasteiger partial charge on any atom is -0.354 e. The van der Waals surface area contributed by atoms with E-state index in [9.17, 15) is 13.2 Å². The topological polar surface area (TPSA) is 108 Å². The van der Waals surface area contributed by atoms with Crippen LogP contribution in [0.3, 0.4) is 0 Å². The standard InChI is InChI=1S/C20H22ClN5O3S2/c1-15-3-2-4-16(11-15)12-26(31(28,29)18-7-5-17(21)6-8-18)13-19(27)22-9-10-30-20-23-14-24-25-20/h2-8,11,14H,9-10,12-13H2,1H3,(H,22,27)(H,23,24,25). The largest absolute Gasteiger partial charge is 0.354 e. The van der Waals surface area contributed by atoms with Crippen molar-refractivity contribution in [3.05, 3.63) is 71.0 Å². The lowest BCUT2D eigenvalue weighted by Crippen LogP contribution is -2.40. The molecule has 8 nitrogen and oxygen atoms in total. The number of thioether (sulfide) groups is 1. The lowest BCUT2D eigenvalue weighted by Gasteiger charge is -2.22. The molecule has 0 aliphatic heterocycles. The lowest BCUT2D eigenvalue weighted by atomic mass is 10.1. The third-order valence-electron chi connectivity index (χ3n) is 4.27. The van der Waals surface area contributed by atoms with Gasteiger partial charge in [-0.25, -0.2) is 13.4 Å². The summed E-state index contributed by atoms with van der Waals surface area (Å²) in [5, 5.41) is 10.3. The van der Waals surface area contributed by atoms with Crippen molar-refractivity contribution >= 4 is 39.3 Å². The van der Waals surface area contributed by atoms with Gasteiger partial charge < -0.3 is 5.32 Å². The molecule has 0 bridgehead atoms. The second kappa shape index (κ2) is 10.8. The lowest BCUT2D eigenvalue weighted by molar-refractivity contribution is -0.121. The summed E-state index contributed by atoms with van der Waals surface area (Å²) >= 11 is 7.30. The van der Waals surface area contributed by atoms with E-state index in [1.54, 1.807) is 0 Å². The molecule has 0 saturated carbocycles. The van der Waals surface area contributed by atoms with E-state index in [1.807, 2.05) is 31.2 Å². The van der Waals surface area contributed by atoms with Gasteiger partial charge in [-0.3, -0.25) is 9.89 Å². The summed E-state index contributed by atoms with van der Waals surface area (Å²) in [5.41, 5.74) is 1.81. The molecular weight excluding hydrogens is 458 g/mol. The molecule has 1 amide bonds. The van der Waals surface area contributed by atoms with E-state index in [0.29, 0.717) is 22.5 Å². The van der Waals surface area contributed by atoms with Gasteiger partial charge in [0.05, 0.1) is 11.4 Å². The Balaban J connectivity index is 1.70. The molecule has 0 radical (unpaired) electrons. The van der Waals surface area contributed by atoms with Gasteiger partial charge in [-0.1, -0.05) is 53.2 Å². The molecule has 0 aliphatic rings. The number of carbonyl (C=O) groups excluding carboxylic acids is 1. The first-order chi connectivity index (χ1) is 14.8. The number of H-pyrrole nitrogens is 1. The molecule has 2 aromatic carbocycles. The summed E-state index contributed by atoms with van der Waals surface area (Å²) in [6, 6.07) is 13.4. The summed E-state index contributed by atoms with van der Waals surface area (Å²) in [6.45, 7) is 2.07. The number of benzene rings is 2. The summed E-state index contributed by atoms with van der Waals surface area (Å²) in [4.78, 5) is 16.6. The van der Waals surface area contributed by atoms with Crippen molar-refractivity contribution in [3.8, 4) is 0 Å². The van der Waals surface area contributed by atoms with Crippen LogP contribution >= 0.6 is 23.4 Å². The molecule has 3 aromatic rings. The number of hydrogen-bond donors (Lipinski definition) is 2. The van der Waals surface area contributed by atoms with Crippen LogP contribution in [0.4, 0.5) is 0 Å². The van der Waals surface area contributed by atoms with E-state index in [1.165, 1.54) is 46.7 Å². The highest BCUT2D eigenvalue weighted by atomic mass is 35.5. The quantitative estimate of drug-likeness (QED) is 0.342. The first kappa shape index (κ1) is 23.3. The van der Waals surface area contributed by atoms with Gasteiger partial charge in [0.25, 0.3) is 0 Å². The Morgan fingerprint density at radius 1 is 1.23 bits per heavy atom. The molecule has 1 aromatic heterocycles. The van der Waals surface area contributed by atoms with Crippen molar-refractivity contribution in [3.63, 3.8) is 0 Å². The highest BCUT2D eigenvalue weighted by Gasteiger charge is 2.27. The molecule has 0 spiro atoms. The van der Waals surface area contributed by atoms with Gasteiger partial charge in [0.15, 0.2) is 5.16 Å². The van der Waals surface area contributed by atoms with Gasteiger partial charge in [-0.2, -0.15) is 9.40 Å². The second-order valence-electron chi connectivity index (χ2n) is 6.71. The van der Waals surface area contributed by atoms with Crippen molar-refractivity contribution in [2.24, 2.45) is 0 Å². The smallest absolute Gasteiger partial charge is 0.243 e. The summed E-state index contributed by atoms with van der Waals surface area (Å²) in [7, 11) is -3.90. The number of nitrogens with zero attached hydrogens (tertiary/aromatic N) is 3. The van der Waals surface area contributed by atoms with Crippen LogP contribution in [0.5, 0.6) is 0 Å². The second-order valence-corrected chi connectivity index (χ2v) is 10.2. The molecule has 31 heavy (non-hydrogen) atoms. The Morgan fingerprint density at radius 2 is 2.00 bits per heavy atom. The number of halogens is 1. The zero-order valence-corrected chi connectivity index (χ0v) is 19.2. The highest BCUT2D eigenvalue weighted by molar-refractivity contribution is 7.99. The number of aromatic nitrogens is 3. The zero-order chi connectivity index (χ0) is 22.3. The maximum Gasteiger partial charge on any atom is 0.243 e. The van der Waals surface area contributed by atoms with Crippen LogP contribution in [-0.2, 0) is 21.4 Å². The van der Waals surface area contributed by atoms with Gasteiger partial charge in [0.2, 0.25) is 15.9 Å². The number of rotatable bonds is 10. The minimum atomic E-state index is -3.90. The fourth-order valence-electron chi connectivity index (χ4n) is 2.81. The van der Waals surface area contributed by atoms with E-state index in [-0.39, 0.29) is 23.9 Å². The number of carbonyl (C=O) groups is 1. The highest BCUT2D eigenvalue weighted by Crippen LogP contribution is 2.21. The van der Waals surface area contributed by atoms with E-state index in [0.717, 1.165) is 11.1 Å². The predicted octanol–water partition coefficient (Wildman–Crippen LogP) is 2.87.